The van der Waals surface area contributed by atoms with Gasteiger partial charge in [-0.25, -0.2) is 4.98 Å². The van der Waals surface area contributed by atoms with Crippen molar-refractivity contribution in [1.82, 2.24) is 4.98 Å². The van der Waals surface area contributed by atoms with E-state index in [-0.39, 0.29) is 6.42 Å². The number of rotatable bonds is 6. The zero-order chi connectivity index (χ0) is 18.5. The molecule has 5 nitrogen and oxygen atoms in total. The Morgan fingerprint density at radius 3 is 2.50 bits per heavy atom. The SMILES string of the molecule is O=C(O)CC(C(=O)Nc1nc(-c2ccccc2Cl)cs1)c1ccccc1. The van der Waals surface area contributed by atoms with Gasteiger partial charge in [-0.3, -0.25) is 9.59 Å². The van der Waals surface area contributed by atoms with Gasteiger partial charge in [0.2, 0.25) is 5.91 Å². The van der Waals surface area contributed by atoms with Gasteiger partial charge in [0.15, 0.2) is 5.13 Å². The molecule has 0 aliphatic heterocycles. The molecular weight excluding hydrogens is 372 g/mol. The number of hydrogen-bond acceptors (Lipinski definition) is 4. The standard InChI is InChI=1S/C19H15ClN2O3S/c20-15-9-5-4-8-13(15)16-11-26-19(21-16)22-18(25)14(10-17(23)24)12-6-2-1-3-7-12/h1-9,11,14H,10H2,(H,23,24)(H,21,22,25). The number of aromatic nitrogens is 1. The molecule has 1 heterocycles. The van der Waals surface area contributed by atoms with Crippen LogP contribution in [0.2, 0.25) is 5.02 Å². The Balaban J connectivity index is 1.80. The third kappa shape index (κ3) is 4.28. The quantitative estimate of drug-likeness (QED) is 0.645. The molecule has 0 radical (unpaired) electrons. The van der Waals surface area contributed by atoms with E-state index < -0.39 is 17.8 Å². The van der Waals surface area contributed by atoms with E-state index in [9.17, 15) is 9.59 Å². The lowest BCUT2D eigenvalue weighted by atomic mass is 9.95. The molecule has 7 heteroatoms. The lowest BCUT2D eigenvalue weighted by molar-refractivity contribution is -0.139. The van der Waals surface area contributed by atoms with Crippen LogP contribution in [0.4, 0.5) is 5.13 Å². The Bertz CT molecular complexity index is 927. The predicted octanol–water partition coefficient (Wildman–Crippen LogP) is 4.66. The van der Waals surface area contributed by atoms with Gasteiger partial charge in [-0.05, 0) is 11.6 Å². The summed E-state index contributed by atoms with van der Waals surface area (Å²) >= 11 is 7.44. The van der Waals surface area contributed by atoms with E-state index in [1.807, 2.05) is 24.3 Å². The van der Waals surface area contributed by atoms with Crippen LogP contribution in [-0.2, 0) is 9.59 Å². The van der Waals surface area contributed by atoms with Crippen molar-refractivity contribution < 1.29 is 14.7 Å². The number of hydrogen-bond donors (Lipinski definition) is 2. The normalized spacial score (nSPS) is 11.7. The summed E-state index contributed by atoms with van der Waals surface area (Å²) in [7, 11) is 0. The van der Waals surface area contributed by atoms with Gasteiger partial charge in [0.1, 0.15) is 0 Å². The molecule has 3 rings (SSSR count). The summed E-state index contributed by atoms with van der Waals surface area (Å²) in [6.07, 6.45) is -0.293. The van der Waals surface area contributed by atoms with Gasteiger partial charge in [-0.1, -0.05) is 60.1 Å². The number of anilines is 1. The topological polar surface area (TPSA) is 79.3 Å². The highest BCUT2D eigenvalue weighted by Crippen LogP contribution is 2.31. The second kappa shape index (κ2) is 8.12. The fourth-order valence-electron chi connectivity index (χ4n) is 2.54. The average Bonchev–Trinajstić information content (AvgIpc) is 3.08. The maximum Gasteiger partial charge on any atom is 0.304 e. The van der Waals surface area contributed by atoms with Crippen LogP contribution in [0, 0.1) is 0 Å². The molecule has 1 amide bonds. The van der Waals surface area contributed by atoms with E-state index in [2.05, 4.69) is 10.3 Å². The second-order valence-corrected chi connectivity index (χ2v) is 6.83. The van der Waals surface area contributed by atoms with Crippen LogP contribution in [0.15, 0.2) is 60.0 Å². The second-order valence-electron chi connectivity index (χ2n) is 5.57. The molecule has 0 aliphatic rings. The van der Waals surface area contributed by atoms with Crippen LogP contribution >= 0.6 is 22.9 Å². The number of nitrogens with zero attached hydrogens (tertiary/aromatic N) is 1. The van der Waals surface area contributed by atoms with E-state index in [0.717, 1.165) is 5.56 Å². The van der Waals surface area contributed by atoms with E-state index in [1.165, 1.54) is 11.3 Å². The van der Waals surface area contributed by atoms with Crippen LogP contribution in [-0.4, -0.2) is 22.0 Å². The van der Waals surface area contributed by atoms with Gasteiger partial charge in [0.25, 0.3) is 0 Å². The summed E-state index contributed by atoms with van der Waals surface area (Å²) in [5, 5.41) is 14.6. The third-order valence-electron chi connectivity index (χ3n) is 3.78. The van der Waals surface area contributed by atoms with Crippen LogP contribution in [0.1, 0.15) is 17.9 Å². The number of carboxylic acids is 1. The van der Waals surface area contributed by atoms with Crippen molar-refractivity contribution in [1.29, 1.82) is 0 Å². The molecule has 2 aromatic carbocycles. The molecule has 0 spiro atoms. The van der Waals surface area contributed by atoms with Crippen LogP contribution in [0.25, 0.3) is 11.3 Å². The fourth-order valence-corrected chi connectivity index (χ4v) is 3.48. The van der Waals surface area contributed by atoms with Gasteiger partial charge in [-0.15, -0.1) is 11.3 Å². The molecule has 0 fully saturated rings. The molecule has 0 bridgehead atoms. The lowest BCUT2D eigenvalue weighted by Gasteiger charge is -2.14. The number of benzene rings is 2. The Labute approximate surface area is 159 Å². The zero-order valence-corrected chi connectivity index (χ0v) is 15.1. The van der Waals surface area contributed by atoms with E-state index in [4.69, 9.17) is 16.7 Å². The molecule has 132 valence electrons. The van der Waals surface area contributed by atoms with Crippen molar-refractivity contribution in [3.05, 3.63) is 70.6 Å². The minimum Gasteiger partial charge on any atom is -0.481 e. The first-order chi connectivity index (χ1) is 12.5. The summed E-state index contributed by atoms with van der Waals surface area (Å²) < 4.78 is 0. The minimum atomic E-state index is -1.04. The van der Waals surface area contributed by atoms with Crippen molar-refractivity contribution >= 4 is 39.9 Å². The molecular formula is C19H15ClN2O3S. The molecule has 0 saturated heterocycles. The fraction of sp³-hybridized carbons (Fsp3) is 0.105. The van der Waals surface area contributed by atoms with Gasteiger partial charge in [0, 0.05) is 16.0 Å². The van der Waals surface area contributed by atoms with E-state index >= 15 is 0 Å². The summed E-state index contributed by atoms with van der Waals surface area (Å²) in [5.41, 5.74) is 2.08. The maximum absolute atomic E-state index is 12.6. The Kier molecular flexibility index (Phi) is 5.65. The highest BCUT2D eigenvalue weighted by Gasteiger charge is 2.24. The smallest absolute Gasteiger partial charge is 0.304 e. The third-order valence-corrected chi connectivity index (χ3v) is 4.87. The van der Waals surface area contributed by atoms with Crippen LogP contribution < -0.4 is 5.32 Å². The first kappa shape index (κ1) is 18.1. The summed E-state index contributed by atoms with van der Waals surface area (Å²) in [6.45, 7) is 0. The Morgan fingerprint density at radius 1 is 1.12 bits per heavy atom. The molecule has 1 aromatic heterocycles. The number of aliphatic carboxylic acids is 1. The van der Waals surface area contributed by atoms with Crippen molar-refractivity contribution in [3.63, 3.8) is 0 Å². The highest BCUT2D eigenvalue weighted by molar-refractivity contribution is 7.14. The predicted molar refractivity (Wildman–Crippen MR) is 103 cm³/mol. The summed E-state index contributed by atoms with van der Waals surface area (Å²) in [6, 6.07) is 16.2. The van der Waals surface area contributed by atoms with Gasteiger partial charge >= 0.3 is 5.97 Å². The van der Waals surface area contributed by atoms with Crippen molar-refractivity contribution in [2.75, 3.05) is 5.32 Å². The number of carbonyl (C=O) groups excluding carboxylic acids is 1. The molecule has 2 N–H and O–H groups in total. The largest absolute Gasteiger partial charge is 0.481 e. The van der Waals surface area contributed by atoms with Crippen LogP contribution in [0.3, 0.4) is 0 Å². The highest BCUT2D eigenvalue weighted by atomic mass is 35.5. The number of carbonyl (C=O) groups is 2. The van der Waals surface area contributed by atoms with Crippen LogP contribution in [0.5, 0.6) is 0 Å². The monoisotopic (exact) mass is 386 g/mol. The lowest BCUT2D eigenvalue weighted by Crippen LogP contribution is -2.23. The Hall–Kier alpha value is -2.70. The van der Waals surface area contributed by atoms with Gasteiger partial charge in [-0.2, -0.15) is 0 Å². The number of halogens is 1. The first-order valence-electron chi connectivity index (χ1n) is 7.82. The number of carboxylic acid groups (broad SMARTS) is 1. The minimum absolute atomic E-state index is 0.293. The van der Waals surface area contributed by atoms with Gasteiger partial charge < -0.3 is 10.4 Å². The molecule has 0 aliphatic carbocycles. The number of nitrogens with one attached hydrogen (secondary N) is 1. The van der Waals surface area contributed by atoms with E-state index in [0.29, 0.717) is 21.4 Å². The summed E-state index contributed by atoms with van der Waals surface area (Å²) in [4.78, 5) is 28.2. The zero-order valence-electron chi connectivity index (χ0n) is 13.6. The van der Waals surface area contributed by atoms with Crippen molar-refractivity contribution in [2.45, 2.75) is 12.3 Å². The average molecular weight is 387 g/mol. The number of amides is 1. The maximum atomic E-state index is 12.6. The molecule has 26 heavy (non-hydrogen) atoms. The summed E-state index contributed by atoms with van der Waals surface area (Å²) in [5.74, 6) is -2.23. The van der Waals surface area contributed by atoms with E-state index in [1.54, 1.807) is 35.7 Å². The molecule has 3 aromatic rings. The van der Waals surface area contributed by atoms with Crippen molar-refractivity contribution in [3.8, 4) is 11.3 Å². The number of thiazole rings is 1. The Morgan fingerprint density at radius 2 is 1.81 bits per heavy atom. The first-order valence-corrected chi connectivity index (χ1v) is 9.08. The van der Waals surface area contributed by atoms with Crippen molar-refractivity contribution in [2.24, 2.45) is 0 Å². The molecule has 0 saturated carbocycles. The molecule has 1 atom stereocenters. The molecule has 1 unspecified atom stereocenters. The van der Waals surface area contributed by atoms with Gasteiger partial charge in [0.05, 0.1) is 18.0 Å².